The van der Waals surface area contributed by atoms with Gasteiger partial charge < -0.3 is 10.0 Å². The van der Waals surface area contributed by atoms with Crippen LogP contribution in [0, 0.1) is 5.92 Å². The Labute approximate surface area is 128 Å². The molecular formula is C16H21NO3S. The molecule has 114 valence electrons. The predicted octanol–water partition coefficient (Wildman–Crippen LogP) is 2.95. The van der Waals surface area contributed by atoms with Crippen molar-refractivity contribution in [3.05, 3.63) is 21.4 Å². The van der Waals surface area contributed by atoms with Crippen LogP contribution in [0.4, 0.5) is 0 Å². The van der Waals surface area contributed by atoms with E-state index in [1.54, 1.807) is 11.3 Å². The summed E-state index contributed by atoms with van der Waals surface area (Å²) in [5.41, 5.74) is 2.14. The molecule has 1 aromatic heterocycles. The topological polar surface area (TPSA) is 57.6 Å². The number of fused-ring (bicyclic) bond motifs is 1. The number of aliphatic carboxylic acids is 1. The summed E-state index contributed by atoms with van der Waals surface area (Å²) < 4.78 is 0. The fraction of sp³-hybridized carbons (Fsp3) is 0.625. The van der Waals surface area contributed by atoms with Gasteiger partial charge in [0.25, 0.3) is 5.91 Å². The maximum atomic E-state index is 12.7. The highest BCUT2D eigenvalue weighted by Crippen LogP contribution is 2.32. The summed E-state index contributed by atoms with van der Waals surface area (Å²) in [5.74, 6) is -0.540. The number of carbonyl (C=O) groups excluding carboxylic acids is 1. The molecule has 2 heterocycles. The van der Waals surface area contributed by atoms with E-state index >= 15 is 0 Å². The van der Waals surface area contributed by atoms with Gasteiger partial charge in [0.05, 0.1) is 5.56 Å². The monoisotopic (exact) mass is 307 g/mol. The minimum atomic E-state index is -0.762. The lowest BCUT2D eigenvalue weighted by Gasteiger charge is -2.32. The zero-order valence-electron chi connectivity index (χ0n) is 12.1. The lowest BCUT2D eigenvalue weighted by atomic mass is 9.92. The molecule has 1 fully saturated rings. The van der Waals surface area contributed by atoms with Crippen molar-refractivity contribution in [1.29, 1.82) is 0 Å². The smallest absolute Gasteiger partial charge is 0.303 e. The van der Waals surface area contributed by atoms with Gasteiger partial charge in [0, 0.05) is 29.8 Å². The fourth-order valence-corrected chi connectivity index (χ4v) is 4.63. The Hall–Kier alpha value is -1.36. The molecule has 0 spiro atoms. The minimum Gasteiger partial charge on any atom is -0.481 e. The lowest BCUT2D eigenvalue weighted by molar-refractivity contribution is -0.138. The number of thiophene rings is 1. The Bertz CT molecular complexity index is 552. The molecule has 1 atom stereocenters. The Morgan fingerprint density at radius 2 is 2.10 bits per heavy atom. The summed E-state index contributed by atoms with van der Waals surface area (Å²) in [7, 11) is 0. The molecule has 1 unspecified atom stereocenters. The third-order valence-corrected chi connectivity index (χ3v) is 5.65. The number of likely N-dealkylation sites (tertiary alicyclic amines) is 1. The molecule has 5 heteroatoms. The number of piperidine rings is 1. The third-order valence-electron chi connectivity index (χ3n) is 4.56. The molecule has 21 heavy (non-hydrogen) atoms. The highest BCUT2D eigenvalue weighted by atomic mass is 32.1. The maximum Gasteiger partial charge on any atom is 0.303 e. The SMILES string of the molecule is O=C(O)CC1CCCN(C(=O)c2csc3c2CCCC3)C1. The molecule has 1 aliphatic carbocycles. The van der Waals surface area contributed by atoms with E-state index in [1.807, 2.05) is 10.3 Å². The van der Waals surface area contributed by atoms with Gasteiger partial charge in [0.15, 0.2) is 0 Å². The van der Waals surface area contributed by atoms with E-state index in [2.05, 4.69) is 0 Å². The second kappa shape index (κ2) is 6.18. The van der Waals surface area contributed by atoms with Crippen molar-refractivity contribution >= 4 is 23.2 Å². The first-order valence-electron chi connectivity index (χ1n) is 7.75. The van der Waals surface area contributed by atoms with Crippen LogP contribution in [0.25, 0.3) is 0 Å². The predicted molar refractivity (Wildman–Crippen MR) is 81.8 cm³/mol. The van der Waals surface area contributed by atoms with Crippen molar-refractivity contribution in [2.45, 2.75) is 44.9 Å². The van der Waals surface area contributed by atoms with Crippen molar-refractivity contribution in [2.24, 2.45) is 5.92 Å². The van der Waals surface area contributed by atoms with E-state index in [0.717, 1.165) is 37.8 Å². The van der Waals surface area contributed by atoms with E-state index < -0.39 is 5.97 Å². The summed E-state index contributed by atoms with van der Waals surface area (Å²) >= 11 is 1.71. The van der Waals surface area contributed by atoms with Gasteiger partial charge in [-0.3, -0.25) is 9.59 Å². The van der Waals surface area contributed by atoms with Crippen LogP contribution in [-0.4, -0.2) is 35.0 Å². The van der Waals surface area contributed by atoms with Gasteiger partial charge in [-0.05, 0) is 50.0 Å². The molecule has 0 aromatic carbocycles. The molecule has 1 amide bonds. The van der Waals surface area contributed by atoms with Gasteiger partial charge in [-0.1, -0.05) is 0 Å². The van der Waals surface area contributed by atoms with Gasteiger partial charge in [0.1, 0.15) is 0 Å². The van der Waals surface area contributed by atoms with E-state index in [4.69, 9.17) is 5.11 Å². The van der Waals surface area contributed by atoms with Gasteiger partial charge in [-0.25, -0.2) is 0 Å². The average molecular weight is 307 g/mol. The summed E-state index contributed by atoms with van der Waals surface area (Å²) in [6.07, 6.45) is 6.53. The van der Waals surface area contributed by atoms with Crippen LogP contribution < -0.4 is 0 Å². The number of nitrogens with zero attached hydrogens (tertiary/aromatic N) is 1. The van der Waals surface area contributed by atoms with E-state index in [0.29, 0.717) is 6.54 Å². The van der Waals surface area contributed by atoms with Crippen molar-refractivity contribution < 1.29 is 14.7 Å². The Morgan fingerprint density at radius 1 is 1.29 bits per heavy atom. The normalized spacial score (nSPS) is 21.9. The number of hydrogen-bond donors (Lipinski definition) is 1. The van der Waals surface area contributed by atoms with Crippen LogP contribution in [-0.2, 0) is 17.6 Å². The molecule has 1 saturated heterocycles. The number of carbonyl (C=O) groups is 2. The van der Waals surface area contributed by atoms with Crippen LogP contribution in [0.5, 0.6) is 0 Å². The van der Waals surface area contributed by atoms with Crippen LogP contribution in [0.15, 0.2) is 5.38 Å². The van der Waals surface area contributed by atoms with Gasteiger partial charge in [0.2, 0.25) is 0 Å². The number of rotatable bonds is 3. The van der Waals surface area contributed by atoms with Crippen LogP contribution in [0.1, 0.15) is 52.9 Å². The molecule has 0 saturated carbocycles. The standard InChI is InChI=1S/C16H21NO3S/c18-15(19)8-11-4-3-7-17(9-11)16(20)13-10-21-14-6-2-1-5-12(13)14/h10-11H,1-9H2,(H,18,19). The van der Waals surface area contributed by atoms with E-state index in [-0.39, 0.29) is 18.2 Å². The third kappa shape index (κ3) is 3.12. The first-order valence-corrected chi connectivity index (χ1v) is 8.63. The van der Waals surface area contributed by atoms with Crippen molar-refractivity contribution in [3.8, 4) is 0 Å². The molecule has 1 aromatic rings. The highest BCUT2D eigenvalue weighted by Gasteiger charge is 2.28. The van der Waals surface area contributed by atoms with E-state index in [9.17, 15) is 9.59 Å². The fourth-order valence-electron chi connectivity index (χ4n) is 3.51. The second-order valence-corrected chi connectivity index (χ2v) is 7.08. The molecule has 1 aliphatic heterocycles. The number of aryl methyl sites for hydroxylation is 1. The number of carboxylic acid groups (broad SMARTS) is 1. The first kappa shape index (κ1) is 14.6. The quantitative estimate of drug-likeness (QED) is 0.934. The maximum absolute atomic E-state index is 12.7. The molecule has 0 bridgehead atoms. The van der Waals surface area contributed by atoms with Crippen LogP contribution >= 0.6 is 11.3 Å². The van der Waals surface area contributed by atoms with Crippen LogP contribution in [0.3, 0.4) is 0 Å². The second-order valence-electron chi connectivity index (χ2n) is 6.12. The molecule has 0 radical (unpaired) electrons. The molecule has 3 rings (SSSR count). The van der Waals surface area contributed by atoms with E-state index in [1.165, 1.54) is 23.3 Å². The Morgan fingerprint density at radius 3 is 2.90 bits per heavy atom. The average Bonchev–Trinajstić information content (AvgIpc) is 2.90. The Balaban J connectivity index is 1.72. The summed E-state index contributed by atoms with van der Waals surface area (Å²) in [6.45, 7) is 1.36. The molecule has 4 nitrogen and oxygen atoms in total. The largest absolute Gasteiger partial charge is 0.481 e. The van der Waals surface area contributed by atoms with Crippen LogP contribution in [0.2, 0.25) is 0 Å². The minimum absolute atomic E-state index is 0.106. The van der Waals surface area contributed by atoms with Crippen molar-refractivity contribution in [1.82, 2.24) is 4.90 Å². The van der Waals surface area contributed by atoms with Crippen molar-refractivity contribution in [3.63, 3.8) is 0 Å². The summed E-state index contributed by atoms with van der Waals surface area (Å²) in [6, 6.07) is 0. The number of hydrogen-bond acceptors (Lipinski definition) is 3. The van der Waals surface area contributed by atoms with Gasteiger partial charge in [-0.15, -0.1) is 11.3 Å². The Kier molecular flexibility index (Phi) is 4.29. The zero-order chi connectivity index (χ0) is 14.8. The highest BCUT2D eigenvalue weighted by molar-refractivity contribution is 7.10. The summed E-state index contributed by atoms with van der Waals surface area (Å²) in [5, 5.41) is 10.9. The molecule has 2 aliphatic rings. The summed E-state index contributed by atoms with van der Waals surface area (Å²) in [4.78, 5) is 26.9. The molecular weight excluding hydrogens is 286 g/mol. The number of amides is 1. The van der Waals surface area contributed by atoms with Gasteiger partial charge in [-0.2, -0.15) is 0 Å². The molecule has 1 N–H and O–H groups in total. The van der Waals surface area contributed by atoms with Gasteiger partial charge >= 0.3 is 5.97 Å². The first-order chi connectivity index (χ1) is 10.1. The zero-order valence-corrected chi connectivity index (χ0v) is 13.0. The van der Waals surface area contributed by atoms with Crippen molar-refractivity contribution in [2.75, 3.05) is 13.1 Å². The lowest BCUT2D eigenvalue weighted by Crippen LogP contribution is -2.40. The number of carboxylic acids is 1.